The second-order valence-electron chi connectivity index (χ2n) is 4.43. The first-order chi connectivity index (χ1) is 7.24. The number of carbonyl (C=O) groups is 1. The summed E-state index contributed by atoms with van der Waals surface area (Å²) < 4.78 is 0. The van der Waals surface area contributed by atoms with E-state index < -0.39 is 0 Å². The van der Waals surface area contributed by atoms with Crippen molar-refractivity contribution in [3.8, 4) is 0 Å². The topological polar surface area (TPSA) is 29.1 Å². The lowest BCUT2D eigenvalue weighted by Gasteiger charge is -2.25. The second-order valence-corrected chi connectivity index (χ2v) is 4.86. The van der Waals surface area contributed by atoms with Crippen molar-refractivity contribution in [1.29, 1.82) is 0 Å². The molecule has 2 nitrogen and oxygen atoms in total. The highest BCUT2D eigenvalue weighted by Crippen LogP contribution is 2.48. The molecule has 1 fully saturated rings. The van der Waals surface area contributed by atoms with Crippen LogP contribution >= 0.6 is 11.6 Å². The Bertz CT molecular complexity index is 426. The van der Waals surface area contributed by atoms with Gasteiger partial charge in [0.1, 0.15) is 0 Å². The van der Waals surface area contributed by atoms with Gasteiger partial charge in [0.15, 0.2) is 0 Å². The van der Waals surface area contributed by atoms with E-state index in [0.29, 0.717) is 17.4 Å². The molecule has 15 heavy (non-hydrogen) atoms. The van der Waals surface area contributed by atoms with Gasteiger partial charge in [0.05, 0.1) is 0 Å². The zero-order valence-corrected chi connectivity index (χ0v) is 9.05. The van der Waals surface area contributed by atoms with Gasteiger partial charge < -0.3 is 5.32 Å². The molecule has 1 N–H and O–H groups in total. The molecule has 1 aromatic carbocycles. The van der Waals surface area contributed by atoms with Crippen molar-refractivity contribution >= 4 is 23.2 Å². The molecule has 2 aliphatic rings. The first kappa shape index (κ1) is 9.22. The van der Waals surface area contributed by atoms with E-state index in [1.165, 1.54) is 18.4 Å². The maximum Gasteiger partial charge on any atom is 0.225 e. The number of hydrogen-bond acceptors (Lipinski definition) is 1. The van der Waals surface area contributed by atoms with E-state index in [1.807, 2.05) is 12.1 Å². The second kappa shape index (κ2) is 3.24. The van der Waals surface area contributed by atoms with Crippen LogP contribution in [0.2, 0.25) is 5.02 Å². The first-order valence-electron chi connectivity index (χ1n) is 5.33. The van der Waals surface area contributed by atoms with Crippen LogP contribution in [-0.4, -0.2) is 5.91 Å². The highest BCUT2D eigenvalue weighted by molar-refractivity contribution is 6.31. The van der Waals surface area contributed by atoms with Crippen LogP contribution in [0.3, 0.4) is 0 Å². The molecule has 0 bridgehead atoms. The van der Waals surface area contributed by atoms with Gasteiger partial charge in [-0.05, 0) is 42.4 Å². The van der Waals surface area contributed by atoms with Crippen molar-refractivity contribution in [3.63, 3.8) is 0 Å². The average molecular weight is 222 g/mol. The van der Waals surface area contributed by atoms with Gasteiger partial charge in [0.25, 0.3) is 0 Å². The van der Waals surface area contributed by atoms with Crippen LogP contribution in [0.15, 0.2) is 18.2 Å². The molecule has 0 spiro atoms. The molecule has 1 atom stereocenters. The lowest BCUT2D eigenvalue weighted by Crippen LogP contribution is -2.23. The van der Waals surface area contributed by atoms with Gasteiger partial charge in [-0.2, -0.15) is 0 Å². The summed E-state index contributed by atoms with van der Waals surface area (Å²) >= 11 is 5.92. The third-order valence-electron chi connectivity index (χ3n) is 3.29. The lowest BCUT2D eigenvalue weighted by atomic mass is 9.87. The van der Waals surface area contributed by atoms with Crippen molar-refractivity contribution in [2.45, 2.75) is 25.2 Å². The standard InChI is InChI=1S/C12H12ClNO/c13-8-3-4-9-10(7-1-2-7)6-12(15)14-11(9)5-8/h3-5,7,10H,1-2,6H2,(H,14,15). The van der Waals surface area contributed by atoms with Crippen molar-refractivity contribution in [2.24, 2.45) is 5.92 Å². The third kappa shape index (κ3) is 1.63. The van der Waals surface area contributed by atoms with Gasteiger partial charge in [0, 0.05) is 17.1 Å². The monoisotopic (exact) mass is 221 g/mol. The summed E-state index contributed by atoms with van der Waals surface area (Å²) in [5.74, 6) is 1.27. The van der Waals surface area contributed by atoms with Crippen LogP contribution in [0.4, 0.5) is 5.69 Å². The number of rotatable bonds is 1. The van der Waals surface area contributed by atoms with Crippen molar-refractivity contribution in [1.82, 2.24) is 0 Å². The number of amides is 1. The highest BCUT2D eigenvalue weighted by Gasteiger charge is 2.37. The summed E-state index contributed by atoms with van der Waals surface area (Å²) in [5.41, 5.74) is 2.18. The number of anilines is 1. The van der Waals surface area contributed by atoms with Crippen molar-refractivity contribution in [2.75, 3.05) is 5.32 Å². The molecule has 1 aliphatic heterocycles. The van der Waals surface area contributed by atoms with Gasteiger partial charge in [-0.3, -0.25) is 4.79 Å². The maximum absolute atomic E-state index is 11.5. The molecule has 1 heterocycles. The number of hydrogen-bond donors (Lipinski definition) is 1. The molecule has 1 aliphatic carbocycles. The molecule has 3 rings (SSSR count). The molecular formula is C12H12ClNO. The van der Waals surface area contributed by atoms with E-state index in [1.54, 1.807) is 0 Å². The van der Waals surface area contributed by atoms with Crippen LogP contribution in [0.25, 0.3) is 0 Å². The maximum atomic E-state index is 11.5. The summed E-state index contributed by atoms with van der Waals surface area (Å²) in [5, 5.41) is 3.58. The molecule has 1 unspecified atom stereocenters. The fraction of sp³-hybridized carbons (Fsp3) is 0.417. The van der Waals surface area contributed by atoms with Gasteiger partial charge in [-0.1, -0.05) is 17.7 Å². The van der Waals surface area contributed by atoms with Crippen LogP contribution in [0, 0.1) is 5.92 Å². The lowest BCUT2D eigenvalue weighted by molar-refractivity contribution is -0.117. The number of nitrogens with one attached hydrogen (secondary N) is 1. The van der Waals surface area contributed by atoms with Gasteiger partial charge in [-0.15, -0.1) is 0 Å². The molecule has 0 aromatic heterocycles. The Morgan fingerprint density at radius 1 is 1.33 bits per heavy atom. The Labute approximate surface area is 93.6 Å². The average Bonchev–Trinajstić information content (AvgIpc) is 2.98. The summed E-state index contributed by atoms with van der Waals surface area (Å²) in [6.07, 6.45) is 3.17. The van der Waals surface area contributed by atoms with E-state index in [-0.39, 0.29) is 5.91 Å². The van der Waals surface area contributed by atoms with Crippen LogP contribution in [0.5, 0.6) is 0 Å². The summed E-state index contributed by atoms with van der Waals surface area (Å²) in [7, 11) is 0. The smallest absolute Gasteiger partial charge is 0.225 e. The van der Waals surface area contributed by atoms with Gasteiger partial charge >= 0.3 is 0 Å². The van der Waals surface area contributed by atoms with Gasteiger partial charge in [-0.25, -0.2) is 0 Å². The zero-order chi connectivity index (χ0) is 10.4. The Hall–Kier alpha value is -1.02. The molecule has 1 amide bonds. The van der Waals surface area contributed by atoms with Crippen LogP contribution in [0.1, 0.15) is 30.7 Å². The normalized spacial score (nSPS) is 24.6. The quantitative estimate of drug-likeness (QED) is 0.776. The predicted octanol–water partition coefficient (Wildman–Crippen LogP) is 3.18. The van der Waals surface area contributed by atoms with Crippen molar-refractivity contribution < 1.29 is 4.79 Å². The Balaban J connectivity index is 2.05. The predicted molar refractivity (Wildman–Crippen MR) is 60.2 cm³/mol. The molecule has 0 saturated heterocycles. The largest absolute Gasteiger partial charge is 0.326 e. The summed E-state index contributed by atoms with van der Waals surface area (Å²) in [6, 6.07) is 5.82. The first-order valence-corrected chi connectivity index (χ1v) is 5.71. The minimum atomic E-state index is 0.127. The Morgan fingerprint density at radius 2 is 2.13 bits per heavy atom. The molecule has 78 valence electrons. The molecule has 0 radical (unpaired) electrons. The van der Waals surface area contributed by atoms with E-state index in [0.717, 1.165) is 11.6 Å². The van der Waals surface area contributed by atoms with Crippen LogP contribution < -0.4 is 5.32 Å². The van der Waals surface area contributed by atoms with E-state index in [4.69, 9.17) is 11.6 Å². The zero-order valence-electron chi connectivity index (χ0n) is 8.29. The molecule has 3 heteroatoms. The summed E-state index contributed by atoms with van der Waals surface area (Å²) in [4.78, 5) is 11.5. The Morgan fingerprint density at radius 3 is 2.87 bits per heavy atom. The highest BCUT2D eigenvalue weighted by atomic mass is 35.5. The van der Waals surface area contributed by atoms with Crippen molar-refractivity contribution in [3.05, 3.63) is 28.8 Å². The number of fused-ring (bicyclic) bond motifs is 1. The van der Waals surface area contributed by atoms with E-state index in [9.17, 15) is 4.79 Å². The van der Waals surface area contributed by atoms with Gasteiger partial charge in [0.2, 0.25) is 5.91 Å². The molecule has 1 saturated carbocycles. The Kier molecular flexibility index (Phi) is 1.99. The molecule has 1 aromatic rings. The van der Waals surface area contributed by atoms with E-state index >= 15 is 0 Å². The number of halogens is 1. The van der Waals surface area contributed by atoms with Crippen LogP contribution in [-0.2, 0) is 4.79 Å². The number of carbonyl (C=O) groups excluding carboxylic acids is 1. The minimum Gasteiger partial charge on any atom is -0.326 e. The molecular weight excluding hydrogens is 210 g/mol. The van der Waals surface area contributed by atoms with E-state index in [2.05, 4.69) is 11.4 Å². The fourth-order valence-electron chi connectivity index (χ4n) is 2.39. The minimum absolute atomic E-state index is 0.127. The summed E-state index contributed by atoms with van der Waals surface area (Å²) in [6.45, 7) is 0. The number of benzene rings is 1. The third-order valence-corrected chi connectivity index (χ3v) is 3.52. The fourth-order valence-corrected chi connectivity index (χ4v) is 2.56. The SMILES string of the molecule is O=C1CC(C2CC2)c2ccc(Cl)cc2N1.